The van der Waals surface area contributed by atoms with Crippen LogP contribution in [0.25, 0.3) is 0 Å². The molecule has 0 amide bonds. The van der Waals surface area contributed by atoms with Crippen LogP contribution in [0.5, 0.6) is 0 Å². The van der Waals surface area contributed by atoms with Gasteiger partial charge >= 0.3 is 0 Å². The second kappa shape index (κ2) is 7.96. The molecule has 0 atom stereocenters. The number of azo groups is 1. The first-order valence-electron chi connectivity index (χ1n) is 8.86. The fourth-order valence-electron chi connectivity index (χ4n) is 2.90. The molecule has 0 radical (unpaired) electrons. The minimum atomic E-state index is 0.870. The van der Waals surface area contributed by atoms with Crippen molar-refractivity contribution in [2.24, 2.45) is 10.2 Å². The number of benzene rings is 3. The van der Waals surface area contributed by atoms with Gasteiger partial charge in [0.05, 0.1) is 11.4 Å². The number of hydrogen-bond acceptors (Lipinski definition) is 3. The maximum Gasteiger partial charge on any atom is 0.0889 e. The van der Waals surface area contributed by atoms with E-state index in [9.17, 15) is 0 Å². The second-order valence-corrected chi connectivity index (χ2v) is 6.84. The van der Waals surface area contributed by atoms with E-state index >= 15 is 0 Å². The maximum absolute atomic E-state index is 4.44. The Kier molecular flexibility index (Phi) is 5.47. The summed E-state index contributed by atoms with van der Waals surface area (Å²) >= 11 is 0. The fourth-order valence-corrected chi connectivity index (χ4v) is 2.90. The molecule has 3 aromatic carbocycles. The molecular formula is C23H25N3. The molecule has 3 rings (SSSR count). The zero-order valence-corrected chi connectivity index (χ0v) is 15.9. The summed E-state index contributed by atoms with van der Waals surface area (Å²) in [5, 5.41) is 8.77. The van der Waals surface area contributed by atoms with E-state index in [1.807, 2.05) is 30.3 Å². The van der Waals surface area contributed by atoms with Crippen LogP contribution in [0.2, 0.25) is 0 Å². The van der Waals surface area contributed by atoms with Gasteiger partial charge in [-0.05, 0) is 72.9 Å². The lowest BCUT2D eigenvalue weighted by atomic mass is 9.97. The van der Waals surface area contributed by atoms with Crippen LogP contribution < -0.4 is 4.90 Å². The average molecular weight is 343 g/mol. The lowest BCUT2D eigenvalue weighted by Crippen LogP contribution is -2.08. The van der Waals surface area contributed by atoms with E-state index in [1.54, 1.807) is 0 Å². The largest absolute Gasteiger partial charge is 0.378 e. The van der Waals surface area contributed by atoms with Crippen molar-refractivity contribution in [1.82, 2.24) is 0 Å². The van der Waals surface area contributed by atoms with Gasteiger partial charge in [0.15, 0.2) is 0 Å². The zero-order chi connectivity index (χ0) is 18.5. The van der Waals surface area contributed by atoms with E-state index in [4.69, 9.17) is 0 Å². The Morgan fingerprint density at radius 2 is 1.46 bits per heavy atom. The summed E-state index contributed by atoms with van der Waals surface area (Å²) in [6.07, 6.45) is 0.927. The van der Waals surface area contributed by atoms with Gasteiger partial charge in [0.2, 0.25) is 0 Å². The molecule has 3 nitrogen and oxygen atoms in total. The number of aryl methyl sites for hydroxylation is 2. The van der Waals surface area contributed by atoms with Crippen LogP contribution in [0.4, 0.5) is 17.1 Å². The highest BCUT2D eigenvalue weighted by molar-refractivity contribution is 5.53. The molecule has 0 aliphatic carbocycles. The highest BCUT2D eigenvalue weighted by Crippen LogP contribution is 2.27. The lowest BCUT2D eigenvalue weighted by molar-refractivity contribution is 1.11. The molecule has 0 heterocycles. The third-order valence-electron chi connectivity index (χ3n) is 4.53. The van der Waals surface area contributed by atoms with Crippen molar-refractivity contribution in [2.75, 3.05) is 19.0 Å². The predicted molar refractivity (Wildman–Crippen MR) is 110 cm³/mol. The number of nitrogens with zero attached hydrogens (tertiary/aromatic N) is 3. The molecule has 0 aliphatic heterocycles. The van der Waals surface area contributed by atoms with Crippen LogP contribution in [0.1, 0.15) is 22.3 Å². The first kappa shape index (κ1) is 17.9. The van der Waals surface area contributed by atoms with Crippen molar-refractivity contribution in [3.8, 4) is 0 Å². The monoisotopic (exact) mass is 343 g/mol. The molecule has 0 aliphatic rings. The molecule has 0 N–H and O–H groups in total. The summed E-state index contributed by atoms with van der Waals surface area (Å²) in [4.78, 5) is 2.12. The lowest BCUT2D eigenvalue weighted by Gasteiger charge is -2.13. The minimum Gasteiger partial charge on any atom is -0.378 e. The van der Waals surface area contributed by atoms with Crippen LogP contribution in [0, 0.1) is 13.8 Å². The van der Waals surface area contributed by atoms with Gasteiger partial charge in [0, 0.05) is 19.8 Å². The summed E-state index contributed by atoms with van der Waals surface area (Å²) in [7, 11) is 4.12. The second-order valence-electron chi connectivity index (χ2n) is 6.84. The average Bonchev–Trinajstić information content (AvgIpc) is 2.64. The van der Waals surface area contributed by atoms with Crippen molar-refractivity contribution in [2.45, 2.75) is 20.3 Å². The van der Waals surface area contributed by atoms with Crippen LogP contribution >= 0.6 is 0 Å². The van der Waals surface area contributed by atoms with E-state index in [-0.39, 0.29) is 0 Å². The van der Waals surface area contributed by atoms with Crippen LogP contribution in [-0.2, 0) is 6.42 Å². The highest BCUT2D eigenvalue weighted by atomic mass is 15.1. The third-order valence-corrected chi connectivity index (χ3v) is 4.53. The van der Waals surface area contributed by atoms with Crippen molar-refractivity contribution in [3.63, 3.8) is 0 Å². The first-order valence-corrected chi connectivity index (χ1v) is 8.86. The van der Waals surface area contributed by atoms with E-state index in [0.717, 1.165) is 23.4 Å². The number of anilines is 1. The van der Waals surface area contributed by atoms with Gasteiger partial charge < -0.3 is 4.90 Å². The molecular weight excluding hydrogens is 318 g/mol. The van der Waals surface area contributed by atoms with E-state index in [0.29, 0.717) is 0 Å². The molecule has 3 heteroatoms. The summed E-state index contributed by atoms with van der Waals surface area (Å²) < 4.78 is 0. The fraction of sp³-hybridized carbons (Fsp3) is 0.217. The Morgan fingerprint density at radius 1 is 0.769 bits per heavy atom. The van der Waals surface area contributed by atoms with E-state index in [2.05, 4.69) is 79.5 Å². The van der Waals surface area contributed by atoms with Gasteiger partial charge in [-0.3, -0.25) is 0 Å². The Bertz CT molecular complexity index is 895. The maximum atomic E-state index is 4.44. The van der Waals surface area contributed by atoms with Gasteiger partial charge in [-0.2, -0.15) is 10.2 Å². The first-order chi connectivity index (χ1) is 12.5. The van der Waals surface area contributed by atoms with Crippen LogP contribution in [0.3, 0.4) is 0 Å². The van der Waals surface area contributed by atoms with Gasteiger partial charge in [-0.15, -0.1) is 0 Å². The Morgan fingerprint density at radius 3 is 2.12 bits per heavy atom. The van der Waals surface area contributed by atoms with Gasteiger partial charge in [-0.1, -0.05) is 36.4 Å². The molecule has 0 saturated heterocycles. The molecule has 0 spiro atoms. The van der Waals surface area contributed by atoms with Crippen molar-refractivity contribution >= 4 is 17.1 Å². The SMILES string of the molecule is Cc1cc(/N=N/c2ccccc2)c(C)cc1Cc1ccc(N(C)C)cc1. The molecule has 0 bridgehead atoms. The highest BCUT2D eigenvalue weighted by Gasteiger charge is 2.06. The molecule has 26 heavy (non-hydrogen) atoms. The quantitative estimate of drug-likeness (QED) is 0.494. The van der Waals surface area contributed by atoms with Gasteiger partial charge in [0.25, 0.3) is 0 Å². The molecule has 0 aromatic heterocycles. The van der Waals surface area contributed by atoms with Crippen LogP contribution in [0.15, 0.2) is 77.0 Å². The molecule has 132 valence electrons. The Hall–Kier alpha value is -2.94. The normalized spacial score (nSPS) is 11.1. The topological polar surface area (TPSA) is 28.0 Å². The minimum absolute atomic E-state index is 0.870. The summed E-state index contributed by atoms with van der Waals surface area (Å²) in [5.41, 5.74) is 8.06. The Labute approximate surface area is 156 Å². The third kappa shape index (κ3) is 4.37. The zero-order valence-electron chi connectivity index (χ0n) is 15.9. The van der Waals surface area contributed by atoms with Gasteiger partial charge in [0.1, 0.15) is 0 Å². The van der Waals surface area contributed by atoms with Crippen molar-refractivity contribution in [3.05, 3.63) is 89.0 Å². The number of rotatable bonds is 5. The molecule has 3 aromatic rings. The molecule has 0 unspecified atom stereocenters. The number of hydrogen-bond donors (Lipinski definition) is 0. The van der Waals surface area contributed by atoms with Crippen molar-refractivity contribution < 1.29 is 0 Å². The summed E-state index contributed by atoms with van der Waals surface area (Å²) in [5.74, 6) is 0. The van der Waals surface area contributed by atoms with Crippen molar-refractivity contribution in [1.29, 1.82) is 0 Å². The van der Waals surface area contributed by atoms with E-state index in [1.165, 1.54) is 22.4 Å². The van der Waals surface area contributed by atoms with Crippen LogP contribution in [-0.4, -0.2) is 14.1 Å². The van der Waals surface area contributed by atoms with Gasteiger partial charge in [-0.25, -0.2) is 0 Å². The standard InChI is InChI=1S/C23H25N3/c1-17-15-23(25-24-21-8-6-5-7-9-21)18(2)14-20(17)16-19-10-12-22(13-11-19)26(3)4/h5-15H,16H2,1-4H3/b25-24+. The summed E-state index contributed by atoms with van der Waals surface area (Å²) in [6.45, 7) is 4.24. The molecule has 0 saturated carbocycles. The predicted octanol–water partition coefficient (Wildman–Crippen LogP) is 6.38. The Balaban J connectivity index is 1.79. The molecule has 0 fully saturated rings. The smallest absolute Gasteiger partial charge is 0.0889 e. The summed E-state index contributed by atoms with van der Waals surface area (Å²) in [6, 6.07) is 22.9. The van der Waals surface area contributed by atoms with E-state index < -0.39 is 0 Å².